The van der Waals surface area contributed by atoms with E-state index in [-0.39, 0.29) is 12.1 Å². The lowest BCUT2D eigenvalue weighted by Crippen LogP contribution is -2.42. The first-order chi connectivity index (χ1) is 13.0. The fourth-order valence-corrected chi connectivity index (χ4v) is 3.24. The molecular weight excluding hydrogens is 366 g/mol. The first kappa shape index (κ1) is 19.2. The molecule has 0 saturated carbocycles. The highest BCUT2D eigenvalue weighted by molar-refractivity contribution is 6.30. The summed E-state index contributed by atoms with van der Waals surface area (Å²) in [6.07, 6.45) is 1.46. The molecule has 27 heavy (non-hydrogen) atoms. The number of carbonyl (C=O) groups excluding carboxylic acids is 1. The number of aromatic nitrogens is 2. The monoisotopic (exact) mass is 389 g/mol. The number of nitrogens with zero attached hydrogens (tertiary/aromatic N) is 3. The fourth-order valence-electron chi connectivity index (χ4n) is 3.05. The van der Waals surface area contributed by atoms with Gasteiger partial charge in [-0.2, -0.15) is 0 Å². The summed E-state index contributed by atoms with van der Waals surface area (Å²) < 4.78 is 5.06. The Hall–Kier alpha value is -2.54. The Bertz CT molecular complexity index is 793. The van der Waals surface area contributed by atoms with Gasteiger partial charge in [-0.05, 0) is 44.9 Å². The van der Waals surface area contributed by atoms with Gasteiger partial charge >= 0.3 is 6.09 Å². The van der Waals surface area contributed by atoms with Crippen LogP contribution in [0.5, 0.6) is 0 Å². The van der Waals surface area contributed by atoms with E-state index in [1.165, 1.54) is 0 Å². The largest absolute Gasteiger partial charge is 0.450 e. The number of piperidine rings is 1. The van der Waals surface area contributed by atoms with E-state index in [0.29, 0.717) is 36.4 Å². The van der Waals surface area contributed by atoms with Gasteiger partial charge in [-0.25, -0.2) is 14.8 Å². The van der Waals surface area contributed by atoms with Crippen molar-refractivity contribution in [2.45, 2.75) is 32.7 Å². The van der Waals surface area contributed by atoms with E-state index in [1.807, 2.05) is 44.2 Å². The topological polar surface area (TPSA) is 79.4 Å². The third-order valence-corrected chi connectivity index (χ3v) is 4.54. The second kappa shape index (κ2) is 8.90. The van der Waals surface area contributed by atoms with Crippen LogP contribution in [-0.2, 0) is 4.74 Å². The van der Waals surface area contributed by atoms with E-state index in [4.69, 9.17) is 16.3 Å². The smallest absolute Gasteiger partial charge is 0.409 e. The number of amides is 1. The number of anilines is 3. The van der Waals surface area contributed by atoms with Crippen molar-refractivity contribution in [2.24, 2.45) is 0 Å². The number of carbonyl (C=O) groups is 1. The number of nitrogens with one attached hydrogen (secondary N) is 2. The van der Waals surface area contributed by atoms with Gasteiger partial charge in [-0.15, -0.1) is 0 Å². The zero-order valence-corrected chi connectivity index (χ0v) is 16.3. The van der Waals surface area contributed by atoms with Crippen molar-refractivity contribution in [2.75, 3.05) is 30.3 Å². The van der Waals surface area contributed by atoms with Crippen molar-refractivity contribution < 1.29 is 9.53 Å². The molecule has 0 unspecified atom stereocenters. The van der Waals surface area contributed by atoms with Crippen LogP contribution in [0.1, 0.15) is 25.6 Å². The second-order valence-corrected chi connectivity index (χ2v) is 6.86. The standard InChI is InChI=1S/C19H24ClN5O2/c1-3-27-19(26)25-9-7-15(8-10-25)23-17-12-18(22-13(2)21-17)24-16-6-4-5-14(20)11-16/h4-6,11-12,15H,3,7-10H2,1-2H3,(H2,21,22,23,24). The molecule has 2 heterocycles. The van der Waals surface area contributed by atoms with E-state index in [9.17, 15) is 4.79 Å². The van der Waals surface area contributed by atoms with Gasteiger partial charge in [-0.3, -0.25) is 0 Å². The molecule has 1 aromatic heterocycles. The van der Waals surface area contributed by atoms with E-state index >= 15 is 0 Å². The van der Waals surface area contributed by atoms with Crippen LogP contribution < -0.4 is 10.6 Å². The number of halogens is 1. The van der Waals surface area contributed by atoms with Crippen LogP contribution >= 0.6 is 11.6 Å². The summed E-state index contributed by atoms with van der Waals surface area (Å²) in [4.78, 5) is 22.5. The second-order valence-electron chi connectivity index (χ2n) is 6.43. The highest BCUT2D eigenvalue weighted by Gasteiger charge is 2.23. The fraction of sp³-hybridized carbons (Fsp3) is 0.421. The Morgan fingerprint density at radius 1 is 1.26 bits per heavy atom. The molecule has 2 aromatic rings. The highest BCUT2D eigenvalue weighted by Crippen LogP contribution is 2.22. The van der Waals surface area contributed by atoms with Crippen molar-refractivity contribution in [3.8, 4) is 0 Å². The zero-order valence-electron chi connectivity index (χ0n) is 15.5. The van der Waals surface area contributed by atoms with E-state index in [1.54, 1.807) is 4.90 Å². The van der Waals surface area contributed by atoms with Crippen molar-refractivity contribution in [3.63, 3.8) is 0 Å². The summed E-state index contributed by atoms with van der Waals surface area (Å²) in [7, 11) is 0. The van der Waals surface area contributed by atoms with Crippen molar-refractivity contribution >= 4 is 35.0 Å². The third-order valence-electron chi connectivity index (χ3n) is 4.31. The van der Waals surface area contributed by atoms with Crippen molar-refractivity contribution in [1.29, 1.82) is 0 Å². The number of likely N-dealkylation sites (tertiary alicyclic amines) is 1. The van der Waals surface area contributed by atoms with Gasteiger partial charge in [-0.1, -0.05) is 17.7 Å². The van der Waals surface area contributed by atoms with E-state index in [2.05, 4.69) is 20.6 Å². The maximum Gasteiger partial charge on any atom is 0.409 e. The molecule has 1 aliphatic rings. The molecule has 0 bridgehead atoms. The zero-order chi connectivity index (χ0) is 19.2. The normalized spacial score (nSPS) is 14.7. The Balaban J connectivity index is 1.61. The number of aryl methyl sites for hydroxylation is 1. The minimum absolute atomic E-state index is 0.234. The summed E-state index contributed by atoms with van der Waals surface area (Å²) in [6, 6.07) is 9.62. The lowest BCUT2D eigenvalue weighted by Gasteiger charge is -2.31. The molecule has 1 fully saturated rings. The van der Waals surface area contributed by atoms with Gasteiger partial charge in [0.25, 0.3) is 0 Å². The number of hydrogen-bond acceptors (Lipinski definition) is 6. The summed E-state index contributed by atoms with van der Waals surface area (Å²) in [6.45, 7) is 5.43. The van der Waals surface area contributed by atoms with Gasteiger partial charge in [0.2, 0.25) is 0 Å². The summed E-state index contributed by atoms with van der Waals surface area (Å²) in [5.41, 5.74) is 0.870. The van der Waals surface area contributed by atoms with Crippen LogP contribution in [0.15, 0.2) is 30.3 Å². The van der Waals surface area contributed by atoms with E-state index < -0.39 is 0 Å². The molecule has 0 radical (unpaired) electrons. The molecule has 7 nitrogen and oxygen atoms in total. The number of hydrogen-bond donors (Lipinski definition) is 2. The predicted molar refractivity (Wildman–Crippen MR) is 107 cm³/mol. The minimum Gasteiger partial charge on any atom is -0.450 e. The van der Waals surface area contributed by atoms with Crippen LogP contribution in [0.25, 0.3) is 0 Å². The molecule has 2 N–H and O–H groups in total. The molecule has 3 rings (SSSR count). The predicted octanol–water partition coefficient (Wildman–Crippen LogP) is 4.21. The molecule has 8 heteroatoms. The summed E-state index contributed by atoms with van der Waals surface area (Å²) in [5, 5.41) is 7.37. The van der Waals surface area contributed by atoms with Gasteiger partial charge in [0.15, 0.2) is 0 Å². The van der Waals surface area contributed by atoms with Crippen molar-refractivity contribution in [3.05, 3.63) is 41.2 Å². The first-order valence-electron chi connectivity index (χ1n) is 9.10. The molecule has 0 atom stereocenters. The van der Waals surface area contributed by atoms with Gasteiger partial charge in [0.1, 0.15) is 17.5 Å². The molecule has 1 saturated heterocycles. The molecule has 1 amide bonds. The maximum absolute atomic E-state index is 11.8. The maximum atomic E-state index is 11.8. The minimum atomic E-state index is -0.234. The molecule has 0 aliphatic carbocycles. The highest BCUT2D eigenvalue weighted by atomic mass is 35.5. The Labute approximate surface area is 164 Å². The van der Waals surface area contributed by atoms with Crippen LogP contribution in [0, 0.1) is 6.92 Å². The molecule has 1 aromatic carbocycles. The quantitative estimate of drug-likeness (QED) is 0.797. The van der Waals surface area contributed by atoms with Gasteiger partial charge < -0.3 is 20.3 Å². The van der Waals surface area contributed by atoms with Crippen molar-refractivity contribution in [1.82, 2.24) is 14.9 Å². The average molecular weight is 390 g/mol. The Morgan fingerprint density at radius 2 is 2.00 bits per heavy atom. The SMILES string of the molecule is CCOC(=O)N1CCC(Nc2cc(Nc3cccc(Cl)c3)nc(C)n2)CC1. The average Bonchev–Trinajstić information content (AvgIpc) is 2.62. The lowest BCUT2D eigenvalue weighted by atomic mass is 10.1. The van der Waals surface area contributed by atoms with Gasteiger partial charge in [0, 0.05) is 35.9 Å². The summed E-state index contributed by atoms with van der Waals surface area (Å²) in [5.74, 6) is 2.14. The molecule has 144 valence electrons. The van der Waals surface area contributed by atoms with Crippen LogP contribution in [0.3, 0.4) is 0 Å². The number of ether oxygens (including phenoxy) is 1. The Morgan fingerprint density at radius 3 is 2.70 bits per heavy atom. The summed E-state index contributed by atoms with van der Waals surface area (Å²) >= 11 is 6.03. The third kappa shape index (κ3) is 5.47. The van der Waals surface area contributed by atoms with Crippen LogP contribution in [0.4, 0.5) is 22.1 Å². The van der Waals surface area contributed by atoms with E-state index in [0.717, 1.165) is 24.3 Å². The van der Waals surface area contributed by atoms with Gasteiger partial charge in [0.05, 0.1) is 6.61 Å². The molecular formula is C19H24ClN5O2. The number of benzene rings is 1. The van der Waals surface area contributed by atoms with Crippen LogP contribution in [-0.4, -0.2) is 46.7 Å². The molecule has 0 spiro atoms. The first-order valence-corrected chi connectivity index (χ1v) is 9.48. The Kier molecular flexibility index (Phi) is 6.34. The molecule has 1 aliphatic heterocycles. The number of rotatable bonds is 5. The lowest BCUT2D eigenvalue weighted by molar-refractivity contribution is 0.0983. The van der Waals surface area contributed by atoms with Crippen LogP contribution in [0.2, 0.25) is 5.02 Å².